The lowest BCUT2D eigenvalue weighted by atomic mass is 10.0. The summed E-state index contributed by atoms with van der Waals surface area (Å²) < 4.78 is 11.3. The highest BCUT2D eigenvalue weighted by Gasteiger charge is 2.28. The molecule has 1 aromatic heterocycles. The van der Waals surface area contributed by atoms with Crippen molar-refractivity contribution in [2.45, 2.75) is 65.1 Å². The predicted molar refractivity (Wildman–Crippen MR) is 107 cm³/mol. The van der Waals surface area contributed by atoms with Crippen molar-refractivity contribution in [1.29, 1.82) is 0 Å². The molecule has 0 spiro atoms. The minimum Gasteiger partial charge on any atom is -0.444 e. The van der Waals surface area contributed by atoms with Gasteiger partial charge in [-0.3, -0.25) is 4.90 Å². The quantitative estimate of drug-likeness (QED) is 0.852. The molecule has 1 saturated heterocycles. The predicted octanol–water partition coefficient (Wildman–Crippen LogP) is 4.10. The van der Waals surface area contributed by atoms with Crippen LogP contribution in [0.2, 0.25) is 0 Å². The molecular formula is C21H30N4O3. The maximum absolute atomic E-state index is 11.9. The number of likely N-dealkylation sites (tertiary alicyclic amines) is 1. The van der Waals surface area contributed by atoms with Gasteiger partial charge in [-0.05, 0) is 59.6 Å². The van der Waals surface area contributed by atoms with E-state index in [4.69, 9.17) is 9.15 Å². The summed E-state index contributed by atoms with van der Waals surface area (Å²) in [6, 6.07) is 8.21. The third kappa shape index (κ3) is 5.32. The van der Waals surface area contributed by atoms with Gasteiger partial charge in [-0.2, -0.15) is 0 Å². The Labute approximate surface area is 166 Å². The normalized spacial score (nSPS) is 17.3. The summed E-state index contributed by atoms with van der Waals surface area (Å²) in [5, 5.41) is 11.4. The third-order valence-electron chi connectivity index (χ3n) is 4.89. The molecule has 0 bridgehead atoms. The number of benzene rings is 1. The first-order valence-electron chi connectivity index (χ1n) is 9.85. The average molecular weight is 386 g/mol. The van der Waals surface area contributed by atoms with E-state index in [-0.39, 0.29) is 18.2 Å². The van der Waals surface area contributed by atoms with Crippen molar-refractivity contribution < 1.29 is 13.9 Å². The van der Waals surface area contributed by atoms with E-state index in [0.717, 1.165) is 31.5 Å². The van der Waals surface area contributed by atoms with Crippen LogP contribution in [-0.2, 0) is 4.74 Å². The monoisotopic (exact) mass is 386 g/mol. The standard InChI is InChI=1S/C21H30N4O3/c1-14-6-8-16(9-7-14)19-24-23-18(27-19)15(2)25-12-10-17(11-13-25)22-20(26)28-21(3,4)5/h6-9,15,17H,10-13H2,1-5H3,(H,22,26). The van der Waals surface area contributed by atoms with Crippen molar-refractivity contribution >= 4 is 6.09 Å². The number of hydrogen-bond acceptors (Lipinski definition) is 6. The molecule has 28 heavy (non-hydrogen) atoms. The van der Waals surface area contributed by atoms with Crippen LogP contribution < -0.4 is 5.32 Å². The Kier molecular flexibility index (Phi) is 6.03. The van der Waals surface area contributed by atoms with Gasteiger partial charge in [0.05, 0.1) is 6.04 Å². The van der Waals surface area contributed by atoms with Crippen LogP contribution in [-0.4, -0.2) is 45.9 Å². The number of nitrogens with one attached hydrogen (secondary N) is 1. The fraction of sp³-hybridized carbons (Fsp3) is 0.571. The number of carbonyl (C=O) groups excluding carboxylic acids is 1. The zero-order valence-electron chi connectivity index (χ0n) is 17.4. The molecule has 0 saturated carbocycles. The minimum atomic E-state index is -0.480. The molecule has 7 nitrogen and oxygen atoms in total. The second-order valence-corrected chi connectivity index (χ2v) is 8.44. The summed E-state index contributed by atoms with van der Waals surface area (Å²) in [6.07, 6.45) is 1.38. The van der Waals surface area contributed by atoms with Gasteiger partial charge in [0, 0.05) is 24.7 Å². The van der Waals surface area contributed by atoms with E-state index in [0.29, 0.717) is 11.8 Å². The molecule has 1 N–H and O–H groups in total. The first-order valence-corrected chi connectivity index (χ1v) is 9.85. The highest BCUT2D eigenvalue weighted by molar-refractivity contribution is 5.68. The van der Waals surface area contributed by atoms with Crippen LogP contribution >= 0.6 is 0 Å². The van der Waals surface area contributed by atoms with Crippen molar-refractivity contribution in [3.8, 4) is 11.5 Å². The van der Waals surface area contributed by atoms with Gasteiger partial charge in [0.25, 0.3) is 0 Å². The number of carbonyl (C=O) groups is 1. The maximum atomic E-state index is 11.9. The smallest absolute Gasteiger partial charge is 0.407 e. The maximum Gasteiger partial charge on any atom is 0.407 e. The van der Waals surface area contributed by atoms with Crippen molar-refractivity contribution in [2.24, 2.45) is 0 Å². The summed E-state index contributed by atoms with van der Waals surface area (Å²) in [5.41, 5.74) is 1.64. The van der Waals surface area contributed by atoms with Gasteiger partial charge >= 0.3 is 6.09 Å². The number of amides is 1. The molecule has 2 heterocycles. The van der Waals surface area contributed by atoms with Crippen LogP contribution in [0.3, 0.4) is 0 Å². The molecule has 3 rings (SSSR count). The summed E-state index contributed by atoms with van der Waals surface area (Å²) in [5.74, 6) is 1.16. The van der Waals surface area contributed by atoms with Crippen LogP contribution in [0.1, 0.15) is 58.0 Å². The molecule has 1 atom stereocenters. The Morgan fingerprint density at radius 2 is 1.86 bits per heavy atom. The minimum absolute atomic E-state index is 0.0363. The molecule has 1 aromatic carbocycles. The molecule has 1 aliphatic rings. The first kappa shape index (κ1) is 20.3. The molecule has 152 valence electrons. The first-order chi connectivity index (χ1) is 13.2. The fourth-order valence-corrected chi connectivity index (χ4v) is 3.28. The molecule has 0 radical (unpaired) electrons. The van der Waals surface area contributed by atoms with Crippen LogP contribution in [0.5, 0.6) is 0 Å². The van der Waals surface area contributed by atoms with Gasteiger partial charge in [0.1, 0.15) is 5.60 Å². The van der Waals surface area contributed by atoms with E-state index >= 15 is 0 Å². The average Bonchev–Trinajstić information content (AvgIpc) is 3.11. The number of nitrogens with zero attached hydrogens (tertiary/aromatic N) is 3. The molecule has 0 aliphatic carbocycles. The number of ether oxygens (including phenoxy) is 1. The summed E-state index contributed by atoms with van der Waals surface area (Å²) in [6.45, 7) is 11.4. The van der Waals surface area contributed by atoms with Gasteiger partial charge in [0.15, 0.2) is 0 Å². The summed E-state index contributed by atoms with van der Waals surface area (Å²) in [4.78, 5) is 14.2. The Hall–Kier alpha value is -2.41. The second-order valence-electron chi connectivity index (χ2n) is 8.44. The van der Waals surface area contributed by atoms with E-state index in [1.54, 1.807) is 0 Å². The van der Waals surface area contributed by atoms with Crippen molar-refractivity contribution in [2.75, 3.05) is 13.1 Å². The van der Waals surface area contributed by atoms with E-state index in [9.17, 15) is 4.79 Å². The van der Waals surface area contributed by atoms with E-state index < -0.39 is 5.60 Å². The summed E-state index contributed by atoms with van der Waals surface area (Å²) in [7, 11) is 0. The van der Waals surface area contributed by atoms with Gasteiger partial charge in [-0.25, -0.2) is 4.79 Å². The highest BCUT2D eigenvalue weighted by Crippen LogP contribution is 2.26. The van der Waals surface area contributed by atoms with Crippen molar-refractivity contribution in [3.05, 3.63) is 35.7 Å². The SMILES string of the molecule is Cc1ccc(-c2nnc(C(C)N3CCC(NC(=O)OC(C)(C)C)CC3)o2)cc1. The topological polar surface area (TPSA) is 80.5 Å². The van der Waals surface area contributed by atoms with Crippen LogP contribution in [0.15, 0.2) is 28.7 Å². The number of rotatable bonds is 4. The number of alkyl carbamates (subject to hydrolysis) is 1. The van der Waals surface area contributed by atoms with E-state index in [1.807, 2.05) is 52.0 Å². The van der Waals surface area contributed by atoms with Gasteiger partial charge < -0.3 is 14.5 Å². The number of aryl methyl sites for hydroxylation is 1. The number of hydrogen-bond donors (Lipinski definition) is 1. The lowest BCUT2D eigenvalue weighted by molar-refractivity contribution is 0.0465. The summed E-state index contributed by atoms with van der Waals surface area (Å²) >= 11 is 0. The van der Waals surface area contributed by atoms with Crippen molar-refractivity contribution in [3.63, 3.8) is 0 Å². The van der Waals surface area contributed by atoms with E-state index in [1.165, 1.54) is 5.56 Å². The van der Waals surface area contributed by atoms with Gasteiger partial charge in [-0.15, -0.1) is 10.2 Å². The molecule has 1 fully saturated rings. The molecule has 2 aromatic rings. The zero-order valence-corrected chi connectivity index (χ0v) is 17.4. The Balaban J connectivity index is 1.53. The van der Waals surface area contributed by atoms with Crippen LogP contribution in [0.4, 0.5) is 4.79 Å². The molecule has 1 aliphatic heterocycles. The highest BCUT2D eigenvalue weighted by atomic mass is 16.6. The third-order valence-corrected chi connectivity index (χ3v) is 4.89. The largest absolute Gasteiger partial charge is 0.444 e. The number of piperidine rings is 1. The fourth-order valence-electron chi connectivity index (χ4n) is 3.28. The van der Waals surface area contributed by atoms with E-state index in [2.05, 4.69) is 27.3 Å². The Bertz CT molecular complexity index is 787. The lowest BCUT2D eigenvalue weighted by Gasteiger charge is -2.35. The Morgan fingerprint density at radius 1 is 1.21 bits per heavy atom. The van der Waals surface area contributed by atoms with Crippen LogP contribution in [0.25, 0.3) is 11.5 Å². The number of aromatic nitrogens is 2. The van der Waals surface area contributed by atoms with Crippen molar-refractivity contribution in [1.82, 2.24) is 20.4 Å². The Morgan fingerprint density at radius 3 is 2.46 bits per heavy atom. The molecular weight excluding hydrogens is 356 g/mol. The zero-order chi connectivity index (χ0) is 20.3. The van der Waals surface area contributed by atoms with Gasteiger partial charge in [-0.1, -0.05) is 17.7 Å². The van der Waals surface area contributed by atoms with Gasteiger partial charge in [0.2, 0.25) is 11.8 Å². The molecule has 1 amide bonds. The molecule has 1 unspecified atom stereocenters. The molecule has 7 heteroatoms. The second kappa shape index (κ2) is 8.31. The lowest BCUT2D eigenvalue weighted by Crippen LogP contribution is -2.46. The van der Waals surface area contributed by atoms with Crippen LogP contribution in [0, 0.1) is 6.92 Å².